The van der Waals surface area contributed by atoms with Crippen molar-refractivity contribution in [3.8, 4) is 0 Å². The lowest BCUT2D eigenvalue weighted by Gasteiger charge is -2.09. The molecule has 5 nitrogen and oxygen atoms in total. The quantitative estimate of drug-likeness (QED) is 0.778. The minimum atomic E-state index is -3.66. The van der Waals surface area contributed by atoms with Crippen molar-refractivity contribution in [2.75, 3.05) is 5.32 Å². The third-order valence-electron chi connectivity index (χ3n) is 3.11. The fourth-order valence-corrected chi connectivity index (χ4v) is 2.60. The Bertz CT molecular complexity index is 885. The number of hydrogen-bond donors (Lipinski definition) is 2. The lowest BCUT2D eigenvalue weighted by molar-refractivity contribution is 0.598. The molecule has 3 aromatic rings. The highest BCUT2D eigenvalue weighted by atomic mass is 32.2. The molecular formula is C15H13N3O2S. The number of primary sulfonamides is 1. The van der Waals surface area contributed by atoms with Gasteiger partial charge in [0.05, 0.1) is 10.4 Å². The van der Waals surface area contributed by atoms with Gasteiger partial charge in [-0.25, -0.2) is 13.6 Å². The van der Waals surface area contributed by atoms with Gasteiger partial charge in [-0.1, -0.05) is 18.2 Å². The van der Waals surface area contributed by atoms with Crippen LogP contribution in [-0.2, 0) is 10.0 Å². The van der Waals surface area contributed by atoms with Crippen LogP contribution in [0.1, 0.15) is 0 Å². The maximum atomic E-state index is 11.2. The zero-order chi connectivity index (χ0) is 14.9. The molecule has 21 heavy (non-hydrogen) atoms. The number of benzene rings is 2. The van der Waals surface area contributed by atoms with Crippen LogP contribution in [0.5, 0.6) is 0 Å². The predicted molar refractivity (Wildman–Crippen MR) is 82.8 cm³/mol. The van der Waals surface area contributed by atoms with Crippen LogP contribution >= 0.6 is 0 Å². The van der Waals surface area contributed by atoms with E-state index >= 15 is 0 Å². The second-order valence-corrected chi connectivity index (χ2v) is 6.13. The molecule has 3 N–H and O–H groups in total. The maximum Gasteiger partial charge on any atom is 0.238 e. The first-order valence-electron chi connectivity index (χ1n) is 6.28. The second kappa shape index (κ2) is 5.16. The van der Waals surface area contributed by atoms with Gasteiger partial charge in [0.2, 0.25) is 10.0 Å². The highest BCUT2D eigenvalue weighted by molar-refractivity contribution is 7.89. The second-order valence-electron chi connectivity index (χ2n) is 4.57. The summed E-state index contributed by atoms with van der Waals surface area (Å²) in [5.74, 6) is 0. The van der Waals surface area contributed by atoms with E-state index in [9.17, 15) is 8.42 Å². The highest BCUT2D eigenvalue weighted by Crippen LogP contribution is 2.25. The van der Waals surface area contributed by atoms with E-state index in [0.29, 0.717) is 0 Å². The Hall–Kier alpha value is -2.44. The molecule has 1 aromatic heterocycles. The Balaban J connectivity index is 1.96. The molecule has 0 saturated heterocycles. The number of anilines is 2. The van der Waals surface area contributed by atoms with Crippen LogP contribution in [0, 0.1) is 0 Å². The molecule has 0 atom stereocenters. The first-order valence-corrected chi connectivity index (χ1v) is 7.82. The van der Waals surface area contributed by atoms with Crippen molar-refractivity contribution < 1.29 is 8.42 Å². The van der Waals surface area contributed by atoms with Gasteiger partial charge in [-0.15, -0.1) is 0 Å². The number of aromatic nitrogens is 1. The number of sulfonamides is 1. The summed E-state index contributed by atoms with van der Waals surface area (Å²) < 4.78 is 22.5. The summed E-state index contributed by atoms with van der Waals surface area (Å²) in [5, 5.41) is 9.32. The molecule has 2 aromatic carbocycles. The molecule has 0 spiro atoms. The average molecular weight is 299 g/mol. The summed E-state index contributed by atoms with van der Waals surface area (Å²) >= 11 is 0. The van der Waals surface area contributed by atoms with Crippen molar-refractivity contribution in [3.63, 3.8) is 0 Å². The monoisotopic (exact) mass is 299 g/mol. The zero-order valence-corrected chi connectivity index (χ0v) is 11.8. The van der Waals surface area contributed by atoms with Gasteiger partial charge >= 0.3 is 0 Å². The van der Waals surface area contributed by atoms with Gasteiger partial charge in [-0.05, 0) is 36.4 Å². The smallest absolute Gasteiger partial charge is 0.238 e. The van der Waals surface area contributed by atoms with Crippen LogP contribution in [0.3, 0.4) is 0 Å². The van der Waals surface area contributed by atoms with Gasteiger partial charge in [0.1, 0.15) is 0 Å². The Kier molecular flexibility index (Phi) is 3.32. The van der Waals surface area contributed by atoms with Crippen LogP contribution in [0.25, 0.3) is 10.9 Å². The van der Waals surface area contributed by atoms with E-state index in [1.54, 1.807) is 18.3 Å². The minimum Gasteiger partial charge on any atom is -0.355 e. The van der Waals surface area contributed by atoms with Crippen molar-refractivity contribution >= 4 is 32.3 Å². The molecule has 0 fully saturated rings. The number of rotatable bonds is 3. The molecule has 0 radical (unpaired) electrons. The summed E-state index contributed by atoms with van der Waals surface area (Å²) in [6.07, 6.45) is 1.73. The zero-order valence-electron chi connectivity index (χ0n) is 11.0. The number of para-hydroxylation sites is 1. The molecule has 6 heteroatoms. The summed E-state index contributed by atoms with van der Waals surface area (Å²) in [7, 11) is -3.66. The third-order valence-corrected chi connectivity index (χ3v) is 4.04. The number of fused-ring (bicyclic) bond motifs is 1. The lowest BCUT2D eigenvalue weighted by Crippen LogP contribution is -2.11. The fourth-order valence-electron chi connectivity index (χ4n) is 2.09. The Morgan fingerprint density at radius 3 is 2.38 bits per heavy atom. The SMILES string of the molecule is NS(=O)(=O)c1ccc(Nc2ccnc3ccccc23)cc1. The summed E-state index contributed by atoms with van der Waals surface area (Å²) in [6.45, 7) is 0. The molecule has 0 aliphatic carbocycles. The summed E-state index contributed by atoms with van der Waals surface area (Å²) in [5.41, 5.74) is 2.58. The first kappa shape index (κ1) is 13.5. The Morgan fingerprint density at radius 1 is 0.952 bits per heavy atom. The molecule has 0 bridgehead atoms. The maximum absolute atomic E-state index is 11.2. The van der Waals surface area contributed by atoms with E-state index in [-0.39, 0.29) is 4.90 Å². The molecule has 1 heterocycles. The van der Waals surface area contributed by atoms with E-state index in [2.05, 4.69) is 10.3 Å². The van der Waals surface area contributed by atoms with E-state index in [1.807, 2.05) is 30.3 Å². The largest absolute Gasteiger partial charge is 0.355 e. The molecule has 3 rings (SSSR count). The lowest BCUT2D eigenvalue weighted by atomic mass is 10.2. The molecule has 0 amide bonds. The Morgan fingerprint density at radius 2 is 1.67 bits per heavy atom. The van der Waals surface area contributed by atoms with E-state index in [0.717, 1.165) is 22.3 Å². The van der Waals surface area contributed by atoms with Crippen LogP contribution in [0.2, 0.25) is 0 Å². The van der Waals surface area contributed by atoms with E-state index in [1.165, 1.54) is 12.1 Å². The number of pyridine rings is 1. The number of hydrogen-bond acceptors (Lipinski definition) is 4. The van der Waals surface area contributed by atoms with Crippen molar-refractivity contribution in [1.29, 1.82) is 0 Å². The van der Waals surface area contributed by atoms with Crippen molar-refractivity contribution in [3.05, 3.63) is 60.8 Å². The van der Waals surface area contributed by atoms with Crippen molar-refractivity contribution in [1.82, 2.24) is 4.98 Å². The average Bonchev–Trinajstić information content (AvgIpc) is 2.47. The van der Waals surface area contributed by atoms with Gasteiger partial charge in [0.15, 0.2) is 0 Å². The molecule has 0 aliphatic rings. The number of nitrogens with one attached hydrogen (secondary N) is 1. The normalized spacial score (nSPS) is 11.5. The van der Waals surface area contributed by atoms with Gasteiger partial charge in [-0.2, -0.15) is 0 Å². The van der Waals surface area contributed by atoms with Gasteiger partial charge in [-0.3, -0.25) is 4.98 Å². The van der Waals surface area contributed by atoms with E-state index < -0.39 is 10.0 Å². The van der Waals surface area contributed by atoms with Crippen LogP contribution in [0.15, 0.2) is 65.7 Å². The molecule has 106 valence electrons. The van der Waals surface area contributed by atoms with Crippen molar-refractivity contribution in [2.24, 2.45) is 5.14 Å². The van der Waals surface area contributed by atoms with Gasteiger partial charge in [0, 0.05) is 23.0 Å². The van der Waals surface area contributed by atoms with Crippen LogP contribution in [0.4, 0.5) is 11.4 Å². The molecule has 0 aliphatic heterocycles. The first-order chi connectivity index (χ1) is 10.0. The highest BCUT2D eigenvalue weighted by Gasteiger charge is 2.07. The Labute approximate surface area is 122 Å². The standard InChI is InChI=1S/C15H13N3O2S/c16-21(19,20)12-7-5-11(6-8-12)18-15-9-10-17-14-4-2-1-3-13(14)15/h1-10H,(H,17,18)(H2,16,19,20). The van der Waals surface area contributed by atoms with Gasteiger partial charge < -0.3 is 5.32 Å². The number of nitrogens with zero attached hydrogens (tertiary/aromatic N) is 1. The molecule has 0 saturated carbocycles. The number of nitrogens with two attached hydrogens (primary N) is 1. The minimum absolute atomic E-state index is 0.0904. The topological polar surface area (TPSA) is 85.1 Å². The molecular weight excluding hydrogens is 286 g/mol. The molecule has 0 unspecified atom stereocenters. The van der Waals surface area contributed by atoms with E-state index in [4.69, 9.17) is 5.14 Å². The predicted octanol–water partition coefficient (Wildman–Crippen LogP) is 2.63. The van der Waals surface area contributed by atoms with Crippen LogP contribution < -0.4 is 10.5 Å². The van der Waals surface area contributed by atoms with Gasteiger partial charge in [0.25, 0.3) is 0 Å². The van der Waals surface area contributed by atoms with Crippen molar-refractivity contribution in [2.45, 2.75) is 4.90 Å². The van der Waals surface area contributed by atoms with Crippen LogP contribution in [-0.4, -0.2) is 13.4 Å². The summed E-state index contributed by atoms with van der Waals surface area (Å²) in [6, 6.07) is 16.0. The third kappa shape index (κ3) is 2.86. The summed E-state index contributed by atoms with van der Waals surface area (Å²) in [4.78, 5) is 4.38. The fraction of sp³-hybridized carbons (Fsp3) is 0.